The van der Waals surface area contributed by atoms with E-state index in [0.29, 0.717) is 24.3 Å². The van der Waals surface area contributed by atoms with E-state index in [0.717, 1.165) is 16.6 Å². The fraction of sp³-hybridized carbons (Fsp3) is 0.269. The van der Waals surface area contributed by atoms with Crippen LogP contribution < -0.4 is 5.32 Å². The van der Waals surface area contributed by atoms with Crippen molar-refractivity contribution >= 4 is 44.7 Å². The lowest BCUT2D eigenvalue weighted by Crippen LogP contribution is -2.41. The van der Waals surface area contributed by atoms with Gasteiger partial charge in [-0.1, -0.05) is 23.4 Å². The second kappa shape index (κ2) is 9.71. The van der Waals surface area contributed by atoms with Crippen molar-refractivity contribution in [2.45, 2.75) is 31.6 Å². The molecule has 9 nitrogen and oxygen atoms in total. The lowest BCUT2D eigenvalue weighted by atomic mass is 9.97. The summed E-state index contributed by atoms with van der Waals surface area (Å²) in [5, 5.41) is 7.77. The van der Waals surface area contributed by atoms with E-state index in [1.54, 1.807) is 25.1 Å². The molecule has 5 rings (SSSR count). The molecule has 3 aromatic heterocycles. The predicted molar refractivity (Wildman–Crippen MR) is 135 cm³/mol. The van der Waals surface area contributed by atoms with Crippen LogP contribution in [0.1, 0.15) is 35.7 Å². The second-order valence-electron chi connectivity index (χ2n) is 8.81. The minimum atomic E-state index is -3.86. The van der Waals surface area contributed by atoms with Crippen LogP contribution in [-0.4, -0.2) is 41.9 Å². The van der Waals surface area contributed by atoms with Crippen molar-refractivity contribution in [3.63, 3.8) is 0 Å². The summed E-state index contributed by atoms with van der Waals surface area (Å²) in [6.07, 6.45) is 5.51. The summed E-state index contributed by atoms with van der Waals surface area (Å²) in [5.41, 5.74) is 2.63. The third-order valence-electron chi connectivity index (χ3n) is 6.30. The van der Waals surface area contributed by atoms with Crippen molar-refractivity contribution < 1.29 is 22.2 Å². The normalized spacial score (nSPS) is 15.6. The highest BCUT2D eigenvalue weighted by molar-refractivity contribution is 7.89. The van der Waals surface area contributed by atoms with E-state index in [9.17, 15) is 13.2 Å². The van der Waals surface area contributed by atoms with Crippen LogP contribution in [0.3, 0.4) is 0 Å². The second-order valence-corrected chi connectivity index (χ2v) is 10.7. The first kappa shape index (κ1) is 24.0. The summed E-state index contributed by atoms with van der Waals surface area (Å²) in [6.45, 7) is 3.93. The minimum absolute atomic E-state index is 0.0342. The molecular formula is C26H26N4O5S. The first-order valence-electron chi connectivity index (χ1n) is 11.7. The molecule has 0 unspecified atom stereocenters. The van der Waals surface area contributed by atoms with E-state index in [-0.39, 0.29) is 41.3 Å². The van der Waals surface area contributed by atoms with Gasteiger partial charge in [0, 0.05) is 30.1 Å². The molecule has 0 bridgehead atoms. The van der Waals surface area contributed by atoms with Crippen molar-refractivity contribution in [2.24, 2.45) is 5.92 Å². The molecule has 4 heterocycles. The number of sulfonamides is 1. The van der Waals surface area contributed by atoms with E-state index >= 15 is 0 Å². The molecule has 0 aliphatic carbocycles. The van der Waals surface area contributed by atoms with Crippen molar-refractivity contribution in [1.82, 2.24) is 14.4 Å². The molecule has 0 atom stereocenters. The Morgan fingerprint density at radius 1 is 1.11 bits per heavy atom. The fourth-order valence-electron chi connectivity index (χ4n) is 4.48. The Bertz CT molecular complexity index is 1530. The van der Waals surface area contributed by atoms with Gasteiger partial charge in [-0.15, -0.1) is 0 Å². The van der Waals surface area contributed by atoms with E-state index < -0.39 is 10.0 Å². The van der Waals surface area contributed by atoms with Gasteiger partial charge in [-0.25, -0.2) is 8.42 Å². The fourth-order valence-corrected chi connectivity index (χ4v) is 6.20. The van der Waals surface area contributed by atoms with Gasteiger partial charge in [0.25, 0.3) is 0 Å². The van der Waals surface area contributed by atoms with Gasteiger partial charge < -0.3 is 14.3 Å². The number of aryl methyl sites for hydroxylation is 2. The average molecular weight is 507 g/mol. The summed E-state index contributed by atoms with van der Waals surface area (Å²) < 4.78 is 38.9. The maximum Gasteiger partial charge on any atom is 0.248 e. The minimum Gasteiger partial charge on any atom is -0.465 e. The number of anilines is 1. The SMILES string of the molecule is Cc1cc(NC(=O)C2CCN(S(=O)(=O)c3c(C)noc3C=Cc3ccco3)CC2)c2ccccc2n1. The Hall–Kier alpha value is -3.76. The van der Waals surface area contributed by atoms with Crippen LogP contribution in [0.25, 0.3) is 23.1 Å². The summed E-state index contributed by atoms with van der Waals surface area (Å²) >= 11 is 0. The van der Waals surface area contributed by atoms with Crippen LogP contribution in [0.2, 0.25) is 0 Å². The maximum absolute atomic E-state index is 13.5. The number of hydrogen-bond donors (Lipinski definition) is 1. The number of hydrogen-bond acceptors (Lipinski definition) is 7. The Morgan fingerprint density at radius 3 is 2.64 bits per heavy atom. The summed E-state index contributed by atoms with van der Waals surface area (Å²) in [7, 11) is -3.86. The molecule has 36 heavy (non-hydrogen) atoms. The standard InChI is InChI=1S/C26H26N4O5S/c1-17-16-23(21-7-3-4-8-22(21)27-17)28-26(31)19-11-13-30(14-12-19)36(32,33)25-18(2)29-35-24(25)10-9-20-6-5-15-34-20/h3-10,15-16,19H,11-14H2,1-2H3,(H,27,28,31). The van der Waals surface area contributed by atoms with Gasteiger partial charge in [-0.3, -0.25) is 9.78 Å². The quantitative estimate of drug-likeness (QED) is 0.405. The molecule has 0 saturated carbocycles. The van der Waals surface area contributed by atoms with Gasteiger partial charge in [-0.05, 0) is 63.1 Å². The van der Waals surface area contributed by atoms with Crippen molar-refractivity contribution in [3.05, 3.63) is 71.6 Å². The smallest absolute Gasteiger partial charge is 0.248 e. The monoisotopic (exact) mass is 506 g/mol. The number of amides is 1. The summed E-state index contributed by atoms with van der Waals surface area (Å²) in [5.74, 6) is 0.289. The van der Waals surface area contributed by atoms with Gasteiger partial charge in [0.05, 0.1) is 17.5 Å². The lowest BCUT2D eigenvalue weighted by molar-refractivity contribution is -0.120. The largest absolute Gasteiger partial charge is 0.465 e. The van der Waals surface area contributed by atoms with Crippen LogP contribution in [0.15, 0.2) is 62.6 Å². The number of benzene rings is 1. The van der Waals surface area contributed by atoms with Gasteiger partial charge >= 0.3 is 0 Å². The molecule has 1 fully saturated rings. The number of para-hydroxylation sites is 1. The number of carbonyl (C=O) groups excluding carboxylic acids is 1. The Balaban J connectivity index is 1.29. The van der Waals surface area contributed by atoms with E-state index in [2.05, 4.69) is 15.5 Å². The highest BCUT2D eigenvalue weighted by Crippen LogP contribution is 2.30. The molecule has 186 valence electrons. The topological polar surface area (TPSA) is 119 Å². The first-order valence-corrected chi connectivity index (χ1v) is 13.1. The molecule has 1 saturated heterocycles. The highest BCUT2D eigenvalue weighted by atomic mass is 32.2. The van der Waals surface area contributed by atoms with E-state index in [4.69, 9.17) is 8.94 Å². The number of aromatic nitrogens is 2. The van der Waals surface area contributed by atoms with Gasteiger partial charge in [0.1, 0.15) is 11.5 Å². The Morgan fingerprint density at radius 2 is 1.89 bits per heavy atom. The van der Waals surface area contributed by atoms with Crippen LogP contribution in [0, 0.1) is 19.8 Å². The van der Waals surface area contributed by atoms with Gasteiger partial charge in [0.2, 0.25) is 15.9 Å². The zero-order valence-electron chi connectivity index (χ0n) is 20.0. The number of rotatable bonds is 6. The van der Waals surface area contributed by atoms with Crippen molar-refractivity contribution in [3.8, 4) is 0 Å². The van der Waals surface area contributed by atoms with Crippen LogP contribution in [0.5, 0.6) is 0 Å². The number of piperidine rings is 1. The average Bonchev–Trinajstić information content (AvgIpc) is 3.52. The molecule has 1 amide bonds. The molecule has 1 N–H and O–H groups in total. The van der Waals surface area contributed by atoms with Crippen molar-refractivity contribution in [1.29, 1.82) is 0 Å². The molecular weight excluding hydrogens is 480 g/mol. The van der Waals surface area contributed by atoms with Gasteiger partial charge in [-0.2, -0.15) is 4.31 Å². The third kappa shape index (κ3) is 4.69. The van der Waals surface area contributed by atoms with E-state index in [1.807, 2.05) is 37.3 Å². The number of furan rings is 1. The molecule has 0 radical (unpaired) electrons. The van der Waals surface area contributed by atoms with Crippen molar-refractivity contribution in [2.75, 3.05) is 18.4 Å². The number of carbonyl (C=O) groups is 1. The molecule has 10 heteroatoms. The van der Waals surface area contributed by atoms with Crippen LogP contribution in [0.4, 0.5) is 5.69 Å². The molecule has 4 aromatic rings. The lowest BCUT2D eigenvalue weighted by Gasteiger charge is -2.30. The molecule has 1 aliphatic heterocycles. The zero-order valence-corrected chi connectivity index (χ0v) is 20.8. The van der Waals surface area contributed by atoms with E-state index in [1.165, 1.54) is 16.6 Å². The Labute approximate surface area is 208 Å². The summed E-state index contributed by atoms with van der Waals surface area (Å²) in [4.78, 5) is 17.6. The van der Waals surface area contributed by atoms with Crippen LogP contribution >= 0.6 is 0 Å². The molecule has 0 spiro atoms. The predicted octanol–water partition coefficient (Wildman–Crippen LogP) is 4.64. The number of nitrogens with one attached hydrogen (secondary N) is 1. The number of nitrogens with zero attached hydrogens (tertiary/aromatic N) is 3. The molecule has 1 aromatic carbocycles. The number of fused-ring (bicyclic) bond motifs is 1. The van der Waals surface area contributed by atoms with Crippen LogP contribution in [-0.2, 0) is 14.8 Å². The maximum atomic E-state index is 13.5. The Kier molecular flexibility index (Phi) is 6.46. The highest BCUT2D eigenvalue weighted by Gasteiger charge is 2.36. The molecule has 1 aliphatic rings. The van der Waals surface area contributed by atoms with Gasteiger partial charge in [0.15, 0.2) is 10.7 Å². The summed E-state index contributed by atoms with van der Waals surface area (Å²) in [6, 6.07) is 13.0. The number of pyridine rings is 1. The zero-order chi connectivity index (χ0) is 25.3. The third-order valence-corrected chi connectivity index (χ3v) is 8.36. The first-order chi connectivity index (χ1) is 17.3.